The van der Waals surface area contributed by atoms with E-state index >= 15 is 0 Å². The molecule has 0 fully saturated rings. The van der Waals surface area contributed by atoms with E-state index in [1.54, 1.807) is 48.8 Å². The van der Waals surface area contributed by atoms with Crippen molar-refractivity contribution >= 4 is 17.2 Å². The number of hydrogen-bond acceptors (Lipinski definition) is 5. The minimum absolute atomic E-state index is 0.0180. The summed E-state index contributed by atoms with van der Waals surface area (Å²) >= 11 is 0. The van der Waals surface area contributed by atoms with Crippen LogP contribution in [0.25, 0.3) is 11.3 Å². The molecule has 0 bridgehead atoms. The molecular weight excluding hydrogens is 294 g/mol. The molecular formula is C16H13N5O2. The summed E-state index contributed by atoms with van der Waals surface area (Å²) in [6, 6.07) is 10.2. The van der Waals surface area contributed by atoms with Crippen molar-refractivity contribution < 1.29 is 4.79 Å². The lowest BCUT2D eigenvalue weighted by Crippen LogP contribution is -1.96. The zero-order chi connectivity index (χ0) is 16.2. The number of azo groups is 1. The van der Waals surface area contributed by atoms with E-state index in [9.17, 15) is 9.59 Å². The molecule has 2 N–H and O–H groups in total. The first-order valence-electron chi connectivity index (χ1n) is 6.89. The molecule has 0 aliphatic heterocycles. The highest BCUT2D eigenvalue weighted by Gasteiger charge is 2.11. The number of carbonyl (C=O) groups is 1. The van der Waals surface area contributed by atoms with Gasteiger partial charge in [0.15, 0.2) is 11.5 Å². The Bertz CT molecular complexity index is 908. The number of pyridine rings is 1. The molecule has 0 aliphatic rings. The summed E-state index contributed by atoms with van der Waals surface area (Å²) in [6.07, 6.45) is 3.25. The zero-order valence-corrected chi connectivity index (χ0v) is 12.3. The molecule has 1 aromatic carbocycles. The van der Waals surface area contributed by atoms with Gasteiger partial charge in [-0.15, -0.1) is 5.11 Å². The number of nitrogens with zero attached hydrogens (tertiary/aromatic N) is 3. The van der Waals surface area contributed by atoms with Gasteiger partial charge in [-0.2, -0.15) is 5.11 Å². The molecule has 7 nitrogen and oxygen atoms in total. The molecule has 23 heavy (non-hydrogen) atoms. The summed E-state index contributed by atoms with van der Waals surface area (Å²) in [5.74, 6) is -0.0180. The Balaban J connectivity index is 1.93. The standard InChI is InChI=1S/C16H13N5O2/c1-10(22)11-2-4-13(5-3-11)18-20-15-14(19-21-16(15)23)12-6-8-17-9-7-12/h2-9H,1H3,(H2,19,21,23). The monoisotopic (exact) mass is 307 g/mol. The molecule has 0 aliphatic carbocycles. The number of rotatable bonds is 4. The second kappa shape index (κ2) is 6.18. The van der Waals surface area contributed by atoms with Gasteiger partial charge in [-0.3, -0.25) is 24.8 Å². The third-order valence-corrected chi connectivity index (χ3v) is 3.26. The molecule has 0 unspecified atom stereocenters. The number of ketones is 1. The molecule has 3 aromatic rings. The van der Waals surface area contributed by atoms with Gasteiger partial charge in [-0.05, 0) is 43.3 Å². The average molecular weight is 307 g/mol. The van der Waals surface area contributed by atoms with Crippen molar-refractivity contribution in [2.75, 3.05) is 0 Å². The van der Waals surface area contributed by atoms with E-state index in [1.807, 2.05) is 0 Å². The molecule has 2 heterocycles. The molecule has 2 aromatic heterocycles. The fraction of sp³-hybridized carbons (Fsp3) is 0.0625. The average Bonchev–Trinajstić information content (AvgIpc) is 2.95. The third-order valence-electron chi connectivity index (χ3n) is 3.26. The Morgan fingerprint density at radius 2 is 1.70 bits per heavy atom. The maximum atomic E-state index is 11.9. The Morgan fingerprint density at radius 1 is 1.00 bits per heavy atom. The van der Waals surface area contributed by atoms with Crippen LogP contribution in [0.5, 0.6) is 0 Å². The first-order chi connectivity index (χ1) is 11.1. The molecule has 0 atom stereocenters. The molecule has 0 spiro atoms. The van der Waals surface area contributed by atoms with E-state index in [1.165, 1.54) is 6.92 Å². The highest BCUT2D eigenvalue weighted by atomic mass is 16.1. The number of benzene rings is 1. The maximum absolute atomic E-state index is 11.9. The number of carbonyl (C=O) groups excluding carboxylic acids is 1. The van der Waals surface area contributed by atoms with Crippen LogP contribution in [0.2, 0.25) is 0 Å². The smallest absolute Gasteiger partial charge is 0.292 e. The molecule has 0 saturated carbocycles. The summed E-state index contributed by atoms with van der Waals surface area (Å²) in [7, 11) is 0. The highest BCUT2D eigenvalue weighted by molar-refractivity contribution is 5.94. The zero-order valence-electron chi connectivity index (χ0n) is 12.3. The van der Waals surface area contributed by atoms with E-state index in [0.717, 1.165) is 5.56 Å². The van der Waals surface area contributed by atoms with E-state index in [2.05, 4.69) is 25.4 Å². The summed E-state index contributed by atoms with van der Waals surface area (Å²) in [4.78, 5) is 27.1. The summed E-state index contributed by atoms with van der Waals surface area (Å²) in [5.41, 5.74) is 2.30. The minimum atomic E-state index is -0.360. The van der Waals surface area contributed by atoms with Crippen LogP contribution in [0, 0.1) is 0 Å². The van der Waals surface area contributed by atoms with Gasteiger partial charge in [0.05, 0.1) is 11.4 Å². The van der Waals surface area contributed by atoms with E-state index in [0.29, 0.717) is 16.9 Å². The van der Waals surface area contributed by atoms with E-state index in [4.69, 9.17) is 0 Å². The summed E-state index contributed by atoms with van der Waals surface area (Å²) in [6.45, 7) is 1.50. The fourth-order valence-electron chi connectivity index (χ4n) is 2.04. The van der Waals surface area contributed by atoms with Crippen molar-refractivity contribution in [3.05, 3.63) is 64.7 Å². The van der Waals surface area contributed by atoms with Crippen molar-refractivity contribution in [1.29, 1.82) is 0 Å². The Morgan fingerprint density at radius 3 is 2.35 bits per heavy atom. The first kappa shape index (κ1) is 14.6. The van der Waals surface area contributed by atoms with Crippen LogP contribution < -0.4 is 5.56 Å². The second-order valence-corrected chi connectivity index (χ2v) is 4.84. The molecule has 0 amide bonds. The minimum Gasteiger partial charge on any atom is -0.295 e. The van der Waals surface area contributed by atoms with Crippen LogP contribution in [0.4, 0.5) is 11.4 Å². The first-order valence-corrected chi connectivity index (χ1v) is 6.89. The predicted octanol–water partition coefficient (Wildman–Crippen LogP) is 3.38. The number of nitrogens with one attached hydrogen (secondary N) is 2. The Labute approximate surface area is 131 Å². The number of Topliss-reactive ketones (excluding diaryl/α,β-unsaturated/α-hetero) is 1. The van der Waals surface area contributed by atoms with Gasteiger partial charge in [0.25, 0.3) is 5.56 Å². The lowest BCUT2D eigenvalue weighted by molar-refractivity contribution is 0.101. The van der Waals surface area contributed by atoms with E-state index in [-0.39, 0.29) is 17.0 Å². The molecule has 7 heteroatoms. The molecule has 0 saturated heterocycles. The van der Waals surface area contributed by atoms with Crippen LogP contribution in [0.1, 0.15) is 17.3 Å². The van der Waals surface area contributed by atoms with Crippen LogP contribution in [-0.4, -0.2) is 21.0 Å². The van der Waals surface area contributed by atoms with Crippen LogP contribution >= 0.6 is 0 Å². The van der Waals surface area contributed by atoms with Gasteiger partial charge >= 0.3 is 0 Å². The number of hydrogen-bond donors (Lipinski definition) is 2. The van der Waals surface area contributed by atoms with Gasteiger partial charge in [-0.25, -0.2) is 0 Å². The summed E-state index contributed by atoms with van der Waals surface area (Å²) in [5, 5.41) is 13.4. The van der Waals surface area contributed by atoms with Gasteiger partial charge in [0.2, 0.25) is 0 Å². The topological polar surface area (TPSA) is 103 Å². The third kappa shape index (κ3) is 3.13. The largest absolute Gasteiger partial charge is 0.295 e. The van der Waals surface area contributed by atoms with Gasteiger partial charge in [0.1, 0.15) is 0 Å². The van der Waals surface area contributed by atoms with Crippen molar-refractivity contribution in [3.8, 4) is 11.3 Å². The molecule has 114 valence electrons. The Kier molecular flexibility index (Phi) is 3.92. The second-order valence-electron chi connectivity index (χ2n) is 4.84. The lowest BCUT2D eigenvalue weighted by atomic mass is 10.1. The van der Waals surface area contributed by atoms with E-state index < -0.39 is 0 Å². The molecule has 3 rings (SSSR count). The predicted molar refractivity (Wildman–Crippen MR) is 85.3 cm³/mol. The number of H-pyrrole nitrogens is 2. The normalized spacial score (nSPS) is 11.0. The number of aromatic nitrogens is 3. The van der Waals surface area contributed by atoms with Crippen molar-refractivity contribution in [3.63, 3.8) is 0 Å². The lowest BCUT2D eigenvalue weighted by Gasteiger charge is -1.98. The quantitative estimate of drug-likeness (QED) is 0.570. The fourth-order valence-corrected chi connectivity index (χ4v) is 2.04. The van der Waals surface area contributed by atoms with Crippen LogP contribution in [-0.2, 0) is 0 Å². The highest BCUT2D eigenvalue weighted by Crippen LogP contribution is 2.25. The van der Waals surface area contributed by atoms with Crippen molar-refractivity contribution in [2.24, 2.45) is 10.2 Å². The number of aromatic amines is 2. The van der Waals surface area contributed by atoms with Gasteiger partial charge in [0, 0.05) is 23.5 Å². The van der Waals surface area contributed by atoms with Crippen LogP contribution in [0.3, 0.4) is 0 Å². The summed E-state index contributed by atoms with van der Waals surface area (Å²) < 4.78 is 0. The van der Waals surface area contributed by atoms with Crippen molar-refractivity contribution in [2.45, 2.75) is 6.92 Å². The molecule has 0 radical (unpaired) electrons. The SMILES string of the molecule is CC(=O)c1ccc(N=Nc2c(-c3ccncc3)[nH][nH]c2=O)cc1. The Hall–Kier alpha value is -3.35. The van der Waals surface area contributed by atoms with Gasteiger partial charge in [-0.1, -0.05) is 0 Å². The maximum Gasteiger partial charge on any atom is 0.292 e. The van der Waals surface area contributed by atoms with Crippen LogP contribution in [0.15, 0.2) is 63.8 Å². The van der Waals surface area contributed by atoms with Crippen molar-refractivity contribution in [1.82, 2.24) is 15.2 Å². The van der Waals surface area contributed by atoms with Gasteiger partial charge < -0.3 is 0 Å².